The van der Waals surface area contributed by atoms with Gasteiger partial charge in [-0.25, -0.2) is 0 Å². The Hall–Kier alpha value is -2.00. The van der Waals surface area contributed by atoms with Gasteiger partial charge in [-0.3, -0.25) is 0 Å². The maximum absolute atomic E-state index is 9.72. The van der Waals surface area contributed by atoms with Crippen molar-refractivity contribution in [1.29, 1.82) is 0 Å². The first kappa shape index (κ1) is 12.5. The Morgan fingerprint density at radius 2 is 1.67 bits per heavy atom. The molecule has 0 aromatic heterocycles. The average molecular weight is 243 g/mol. The van der Waals surface area contributed by atoms with Gasteiger partial charge in [0.25, 0.3) is 0 Å². The predicted molar refractivity (Wildman–Crippen MR) is 71.6 cm³/mol. The summed E-state index contributed by atoms with van der Waals surface area (Å²) in [6.07, 6.45) is 0.572. The zero-order chi connectivity index (χ0) is 12.8. The van der Waals surface area contributed by atoms with Crippen molar-refractivity contribution in [2.45, 2.75) is 12.5 Å². The molecule has 2 aromatic carbocycles. The fraction of sp³-hybridized carbons (Fsp3) is 0.200. The molecule has 0 saturated carbocycles. The number of hydrogen-bond acceptors (Lipinski definition) is 3. The largest absolute Gasteiger partial charge is 0.504 e. The molecule has 0 amide bonds. The number of phenolic OH excluding ortho intramolecular Hbond substituents is 1. The number of aromatic hydroxyl groups is 1. The van der Waals surface area contributed by atoms with Crippen LogP contribution < -0.4 is 10.5 Å². The number of hydrogen-bond donors (Lipinski definition) is 2. The molecule has 2 aromatic rings. The lowest BCUT2D eigenvalue weighted by Gasteiger charge is -2.19. The molecule has 0 aliphatic heterocycles. The third-order valence-electron chi connectivity index (χ3n) is 2.73. The van der Waals surface area contributed by atoms with Gasteiger partial charge in [-0.05, 0) is 24.2 Å². The SMILES string of the molecule is NCCC(Oc1ccccc1O)c1ccccc1. The van der Waals surface area contributed by atoms with Crippen molar-refractivity contribution in [2.24, 2.45) is 5.73 Å². The summed E-state index contributed by atoms with van der Waals surface area (Å²) >= 11 is 0. The molecule has 0 fully saturated rings. The molecule has 3 nitrogen and oxygen atoms in total. The summed E-state index contributed by atoms with van der Waals surface area (Å²) in [7, 11) is 0. The van der Waals surface area contributed by atoms with E-state index in [1.807, 2.05) is 36.4 Å². The molecule has 2 rings (SSSR count). The molecular formula is C15H17NO2. The summed E-state index contributed by atoms with van der Waals surface area (Å²) in [5.41, 5.74) is 6.68. The smallest absolute Gasteiger partial charge is 0.161 e. The van der Waals surface area contributed by atoms with Crippen LogP contribution >= 0.6 is 0 Å². The van der Waals surface area contributed by atoms with Gasteiger partial charge in [-0.15, -0.1) is 0 Å². The minimum absolute atomic E-state index is 0.135. The highest BCUT2D eigenvalue weighted by atomic mass is 16.5. The summed E-state index contributed by atoms with van der Waals surface area (Å²) in [6.45, 7) is 0.535. The van der Waals surface area contributed by atoms with E-state index in [1.165, 1.54) is 0 Å². The van der Waals surface area contributed by atoms with E-state index in [0.717, 1.165) is 5.56 Å². The van der Waals surface area contributed by atoms with Crippen molar-refractivity contribution in [3.05, 3.63) is 60.2 Å². The first-order valence-electron chi connectivity index (χ1n) is 6.01. The zero-order valence-corrected chi connectivity index (χ0v) is 10.1. The lowest BCUT2D eigenvalue weighted by atomic mass is 10.1. The monoisotopic (exact) mass is 243 g/mol. The standard InChI is InChI=1S/C15H17NO2/c16-11-10-14(12-6-2-1-3-7-12)18-15-9-5-4-8-13(15)17/h1-9,14,17H,10-11,16H2. The molecule has 1 atom stereocenters. The Morgan fingerprint density at radius 1 is 1.00 bits per heavy atom. The Morgan fingerprint density at radius 3 is 2.33 bits per heavy atom. The van der Waals surface area contributed by atoms with Gasteiger partial charge in [0.2, 0.25) is 0 Å². The van der Waals surface area contributed by atoms with Crippen LogP contribution in [0.4, 0.5) is 0 Å². The number of phenols is 1. The summed E-state index contributed by atoms with van der Waals surface area (Å²) in [6, 6.07) is 16.9. The van der Waals surface area contributed by atoms with E-state index >= 15 is 0 Å². The molecule has 0 aliphatic carbocycles. The molecule has 0 bridgehead atoms. The minimum Gasteiger partial charge on any atom is -0.504 e. The fourth-order valence-corrected chi connectivity index (χ4v) is 1.82. The molecule has 18 heavy (non-hydrogen) atoms. The van der Waals surface area contributed by atoms with Crippen LogP contribution in [0.5, 0.6) is 11.5 Å². The number of ether oxygens (including phenoxy) is 1. The van der Waals surface area contributed by atoms with E-state index in [9.17, 15) is 5.11 Å². The van der Waals surface area contributed by atoms with Crippen molar-refractivity contribution in [3.63, 3.8) is 0 Å². The van der Waals surface area contributed by atoms with Gasteiger partial charge in [-0.1, -0.05) is 42.5 Å². The lowest BCUT2D eigenvalue weighted by molar-refractivity contribution is 0.190. The zero-order valence-electron chi connectivity index (χ0n) is 10.1. The van der Waals surface area contributed by atoms with E-state index in [-0.39, 0.29) is 11.9 Å². The van der Waals surface area contributed by atoms with Crippen molar-refractivity contribution in [2.75, 3.05) is 6.54 Å². The van der Waals surface area contributed by atoms with E-state index in [1.54, 1.807) is 18.2 Å². The Labute approximate surface area is 107 Å². The number of nitrogens with two attached hydrogens (primary N) is 1. The van der Waals surface area contributed by atoms with Crippen LogP contribution in [0.1, 0.15) is 18.1 Å². The normalized spacial score (nSPS) is 12.1. The molecule has 94 valence electrons. The van der Waals surface area contributed by atoms with Gasteiger partial charge < -0.3 is 15.6 Å². The van der Waals surface area contributed by atoms with E-state index in [2.05, 4.69) is 0 Å². The second-order valence-electron chi connectivity index (χ2n) is 4.06. The molecule has 0 spiro atoms. The molecule has 0 heterocycles. The average Bonchev–Trinajstić information content (AvgIpc) is 2.42. The first-order chi connectivity index (χ1) is 8.81. The molecule has 3 heteroatoms. The third-order valence-corrected chi connectivity index (χ3v) is 2.73. The highest BCUT2D eigenvalue weighted by Crippen LogP contribution is 2.30. The van der Waals surface area contributed by atoms with Crippen molar-refractivity contribution < 1.29 is 9.84 Å². The Kier molecular flexibility index (Phi) is 4.20. The van der Waals surface area contributed by atoms with Crippen LogP contribution in [0, 0.1) is 0 Å². The van der Waals surface area contributed by atoms with Crippen LogP contribution in [-0.4, -0.2) is 11.7 Å². The fourth-order valence-electron chi connectivity index (χ4n) is 1.82. The van der Waals surface area contributed by atoms with Crippen LogP contribution in [0.15, 0.2) is 54.6 Å². The molecule has 3 N–H and O–H groups in total. The lowest BCUT2D eigenvalue weighted by Crippen LogP contribution is -2.13. The second-order valence-corrected chi connectivity index (χ2v) is 4.06. The van der Waals surface area contributed by atoms with Crippen LogP contribution in [-0.2, 0) is 0 Å². The maximum atomic E-state index is 9.72. The van der Waals surface area contributed by atoms with Crippen LogP contribution in [0.2, 0.25) is 0 Å². The minimum atomic E-state index is -0.135. The van der Waals surface area contributed by atoms with Gasteiger partial charge >= 0.3 is 0 Å². The van der Waals surface area contributed by atoms with Crippen LogP contribution in [0.3, 0.4) is 0 Å². The summed E-state index contributed by atoms with van der Waals surface area (Å²) in [5.74, 6) is 0.634. The van der Waals surface area contributed by atoms with Crippen molar-refractivity contribution in [1.82, 2.24) is 0 Å². The molecular weight excluding hydrogens is 226 g/mol. The van der Waals surface area contributed by atoms with Gasteiger partial charge in [0.05, 0.1) is 0 Å². The summed E-state index contributed by atoms with van der Waals surface area (Å²) in [5, 5.41) is 9.72. The third kappa shape index (κ3) is 3.02. The van der Waals surface area contributed by atoms with Crippen molar-refractivity contribution >= 4 is 0 Å². The number of rotatable bonds is 5. The van der Waals surface area contributed by atoms with E-state index in [4.69, 9.17) is 10.5 Å². The van der Waals surface area contributed by atoms with E-state index < -0.39 is 0 Å². The van der Waals surface area contributed by atoms with Crippen molar-refractivity contribution in [3.8, 4) is 11.5 Å². The van der Waals surface area contributed by atoms with Gasteiger partial charge in [0, 0.05) is 6.42 Å². The maximum Gasteiger partial charge on any atom is 0.161 e. The summed E-state index contributed by atoms with van der Waals surface area (Å²) < 4.78 is 5.84. The Bertz CT molecular complexity index is 485. The molecule has 0 saturated heterocycles. The van der Waals surface area contributed by atoms with Gasteiger partial charge in [-0.2, -0.15) is 0 Å². The van der Waals surface area contributed by atoms with Crippen LogP contribution in [0.25, 0.3) is 0 Å². The van der Waals surface area contributed by atoms with Gasteiger partial charge in [0.1, 0.15) is 6.10 Å². The highest BCUT2D eigenvalue weighted by Gasteiger charge is 2.13. The molecule has 0 radical (unpaired) electrons. The van der Waals surface area contributed by atoms with E-state index in [0.29, 0.717) is 18.7 Å². The topological polar surface area (TPSA) is 55.5 Å². The quantitative estimate of drug-likeness (QED) is 0.849. The highest BCUT2D eigenvalue weighted by molar-refractivity contribution is 5.38. The second kappa shape index (κ2) is 6.07. The summed E-state index contributed by atoms with van der Waals surface area (Å²) in [4.78, 5) is 0. The number of para-hydroxylation sites is 2. The van der Waals surface area contributed by atoms with Gasteiger partial charge in [0.15, 0.2) is 11.5 Å². The molecule has 1 unspecified atom stereocenters. The first-order valence-corrected chi connectivity index (χ1v) is 6.01. The Balaban J connectivity index is 2.19. The predicted octanol–water partition coefficient (Wildman–Crippen LogP) is 2.86. The number of benzene rings is 2. The molecule has 0 aliphatic rings.